The lowest BCUT2D eigenvalue weighted by Gasteiger charge is -2.40. The number of hydrogen-bond acceptors (Lipinski definition) is 1. The lowest BCUT2D eigenvalue weighted by Crippen LogP contribution is -2.58. The van der Waals surface area contributed by atoms with E-state index in [1.807, 2.05) is 0 Å². The third-order valence-electron chi connectivity index (χ3n) is 2.83. The van der Waals surface area contributed by atoms with Gasteiger partial charge in [0, 0.05) is 13.1 Å². The highest BCUT2D eigenvalue weighted by molar-refractivity contribution is 4.57. The zero-order chi connectivity index (χ0) is 8.16. The molecule has 1 aliphatic heterocycles. The van der Waals surface area contributed by atoms with Gasteiger partial charge in [-0.25, -0.2) is 0 Å². The van der Waals surface area contributed by atoms with E-state index in [0.29, 0.717) is 0 Å². The molecule has 0 amide bonds. The first-order chi connectivity index (χ1) is 5.33. The fourth-order valence-corrected chi connectivity index (χ4v) is 1.90. The van der Waals surface area contributed by atoms with Crippen molar-refractivity contribution >= 4 is 0 Å². The van der Waals surface area contributed by atoms with E-state index in [2.05, 4.69) is 19.2 Å². The molecule has 0 bridgehead atoms. The first-order valence-electron chi connectivity index (χ1n) is 4.68. The van der Waals surface area contributed by atoms with Crippen LogP contribution >= 0.6 is 0 Å². The maximum atomic E-state index is 3.94. The Morgan fingerprint density at radius 2 is 2.00 bits per heavy atom. The lowest BCUT2D eigenvalue weighted by molar-refractivity contribution is -0.927. The zero-order valence-corrected chi connectivity index (χ0v) is 7.60. The van der Waals surface area contributed by atoms with Gasteiger partial charge in [0.1, 0.15) is 0 Å². The molecule has 0 aliphatic carbocycles. The van der Waals surface area contributed by atoms with Gasteiger partial charge in [-0.05, 0) is 20.3 Å². The van der Waals surface area contributed by atoms with Crippen molar-refractivity contribution in [2.45, 2.75) is 13.3 Å². The fraction of sp³-hybridized carbons (Fsp3) is 0.889. The summed E-state index contributed by atoms with van der Waals surface area (Å²) in [6.45, 7) is 13.7. The van der Waals surface area contributed by atoms with Crippen molar-refractivity contribution in [1.82, 2.24) is 5.32 Å². The Morgan fingerprint density at radius 3 is 2.45 bits per heavy atom. The molecule has 2 heteroatoms. The van der Waals surface area contributed by atoms with E-state index in [4.69, 9.17) is 0 Å². The van der Waals surface area contributed by atoms with Crippen LogP contribution in [0.15, 0.2) is 0 Å². The van der Waals surface area contributed by atoms with E-state index < -0.39 is 0 Å². The molecule has 1 saturated heterocycles. The van der Waals surface area contributed by atoms with E-state index in [1.54, 1.807) is 0 Å². The second kappa shape index (κ2) is 4.07. The summed E-state index contributed by atoms with van der Waals surface area (Å²) in [7, 11) is 0. The maximum absolute atomic E-state index is 3.94. The number of quaternary nitrogens is 1. The molecule has 0 aromatic heterocycles. The molecule has 1 heterocycles. The summed E-state index contributed by atoms with van der Waals surface area (Å²) in [5, 5.41) is 3.40. The van der Waals surface area contributed by atoms with Gasteiger partial charge in [-0.1, -0.05) is 0 Å². The van der Waals surface area contributed by atoms with Gasteiger partial charge in [0.2, 0.25) is 0 Å². The molecule has 1 aliphatic rings. The number of hydrogen-bond donors (Lipinski definition) is 1. The summed E-state index contributed by atoms with van der Waals surface area (Å²) in [6, 6.07) is 0. The van der Waals surface area contributed by atoms with Crippen LogP contribution in [-0.2, 0) is 0 Å². The second-order valence-electron chi connectivity index (χ2n) is 3.43. The van der Waals surface area contributed by atoms with Crippen molar-refractivity contribution in [2.75, 3.05) is 39.3 Å². The molecular weight excluding hydrogens is 136 g/mol. The molecule has 1 fully saturated rings. The Balaban J connectivity index is 2.42. The molecular formula is C9H20N2+. The van der Waals surface area contributed by atoms with E-state index >= 15 is 0 Å². The van der Waals surface area contributed by atoms with Crippen molar-refractivity contribution in [3.05, 3.63) is 6.92 Å². The molecule has 0 unspecified atom stereocenters. The van der Waals surface area contributed by atoms with Gasteiger partial charge in [-0.3, -0.25) is 0 Å². The minimum atomic E-state index is 1.08. The minimum absolute atomic E-state index is 1.08. The summed E-state index contributed by atoms with van der Waals surface area (Å²) in [5.74, 6) is 0. The van der Waals surface area contributed by atoms with Crippen LogP contribution in [0.25, 0.3) is 0 Å². The summed E-state index contributed by atoms with van der Waals surface area (Å²) in [4.78, 5) is 0. The number of piperazine rings is 1. The molecule has 0 saturated carbocycles. The fourth-order valence-electron chi connectivity index (χ4n) is 1.90. The van der Waals surface area contributed by atoms with Crippen LogP contribution in [0, 0.1) is 6.92 Å². The standard InChI is InChI=1S/C9H20N2/c1-3-7-11(4-2)8-5-10-6-9-11/h10H,1,3-9H2,2H3/q+1. The molecule has 1 rings (SSSR count). The molecule has 1 N–H and O–H groups in total. The van der Waals surface area contributed by atoms with Crippen molar-refractivity contribution < 1.29 is 4.48 Å². The van der Waals surface area contributed by atoms with E-state index in [-0.39, 0.29) is 0 Å². The smallest absolute Gasteiger partial charge is 0.0913 e. The molecule has 0 aromatic rings. The van der Waals surface area contributed by atoms with Crippen molar-refractivity contribution in [2.24, 2.45) is 0 Å². The predicted molar refractivity (Wildman–Crippen MR) is 48.2 cm³/mol. The lowest BCUT2D eigenvalue weighted by atomic mass is 10.2. The van der Waals surface area contributed by atoms with Crippen LogP contribution in [0.1, 0.15) is 13.3 Å². The first-order valence-corrected chi connectivity index (χ1v) is 4.68. The van der Waals surface area contributed by atoms with Crippen LogP contribution in [0.4, 0.5) is 0 Å². The third-order valence-corrected chi connectivity index (χ3v) is 2.83. The molecule has 65 valence electrons. The highest BCUT2D eigenvalue weighted by atomic mass is 15.4. The largest absolute Gasteiger partial charge is 0.322 e. The Morgan fingerprint density at radius 1 is 1.36 bits per heavy atom. The Bertz CT molecular complexity index is 101. The monoisotopic (exact) mass is 156 g/mol. The van der Waals surface area contributed by atoms with Gasteiger partial charge in [-0.15, -0.1) is 0 Å². The second-order valence-corrected chi connectivity index (χ2v) is 3.43. The molecule has 1 radical (unpaired) electrons. The average molecular weight is 156 g/mol. The Kier molecular flexibility index (Phi) is 3.34. The number of rotatable bonds is 3. The summed E-state index contributed by atoms with van der Waals surface area (Å²) < 4.78 is 1.29. The van der Waals surface area contributed by atoms with E-state index in [9.17, 15) is 0 Å². The number of nitrogens with one attached hydrogen (secondary N) is 1. The van der Waals surface area contributed by atoms with Crippen LogP contribution in [-0.4, -0.2) is 43.8 Å². The van der Waals surface area contributed by atoms with E-state index in [0.717, 1.165) is 6.42 Å². The SMILES string of the molecule is [CH2]CC[N+]1(CC)CCNCC1. The normalized spacial score (nSPS) is 23.5. The van der Waals surface area contributed by atoms with Gasteiger partial charge in [-0.2, -0.15) is 0 Å². The number of nitrogens with zero attached hydrogens (tertiary/aromatic N) is 1. The molecule has 11 heavy (non-hydrogen) atoms. The quantitative estimate of drug-likeness (QED) is 0.592. The topological polar surface area (TPSA) is 12.0 Å². The minimum Gasteiger partial charge on any atom is -0.322 e. The van der Waals surface area contributed by atoms with Crippen LogP contribution in [0.3, 0.4) is 0 Å². The van der Waals surface area contributed by atoms with Gasteiger partial charge >= 0.3 is 0 Å². The van der Waals surface area contributed by atoms with Gasteiger partial charge in [0.05, 0.1) is 26.2 Å². The summed E-state index contributed by atoms with van der Waals surface area (Å²) in [6.07, 6.45) is 1.08. The van der Waals surface area contributed by atoms with Crippen LogP contribution in [0.2, 0.25) is 0 Å². The van der Waals surface area contributed by atoms with E-state index in [1.165, 1.54) is 43.8 Å². The summed E-state index contributed by atoms with van der Waals surface area (Å²) >= 11 is 0. The van der Waals surface area contributed by atoms with Crippen molar-refractivity contribution in [3.63, 3.8) is 0 Å². The van der Waals surface area contributed by atoms with Gasteiger partial charge < -0.3 is 9.80 Å². The average Bonchev–Trinajstić information content (AvgIpc) is 2.07. The van der Waals surface area contributed by atoms with Gasteiger partial charge in [0.15, 0.2) is 0 Å². The summed E-state index contributed by atoms with van der Waals surface area (Å²) in [5.41, 5.74) is 0. The first kappa shape index (κ1) is 9.01. The Hall–Kier alpha value is -0.0800. The van der Waals surface area contributed by atoms with Crippen LogP contribution < -0.4 is 5.32 Å². The molecule has 0 atom stereocenters. The maximum Gasteiger partial charge on any atom is 0.0913 e. The highest BCUT2D eigenvalue weighted by Crippen LogP contribution is 2.08. The highest BCUT2D eigenvalue weighted by Gasteiger charge is 2.25. The molecule has 0 spiro atoms. The van der Waals surface area contributed by atoms with Gasteiger partial charge in [0.25, 0.3) is 0 Å². The molecule has 0 aromatic carbocycles. The Labute approximate surface area is 70.2 Å². The van der Waals surface area contributed by atoms with Crippen molar-refractivity contribution in [1.29, 1.82) is 0 Å². The zero-order valence-electron chi connectivity index (χ0n) is 7.60. The predicted octanol–water partition coefficient (Wildman–Crippen LogP) is 0.650. The molecule has 2 nitrogen and oxygen atoms in total. The number of likely N-dealkylation sites (N-methyl/N-ethyl adjacent to an activating group) is 1. The van der Waals surface area contributed by atoms with Crippen LogP contribution in [0.5, 0.6) is 0 Å². The van der Waals surface area contributed by atoms with Crippen molar-refractivity contribution in [3.8, 4) is 0 Å². The third kappa shape index (κ3) is 2.17.